The Morgan fingerprint density at radius 1 is 1.42 bits per heavy atom. The van der Waals surface area contributed by atoms with Gasteiger partial charge in [-0.25, -0.2) is 0 Å². The molecule has 0 aliphatic carbocycles. The van der Waals surface area contributed by atoms with Crippen LogP contribution in [0.15, 0.2) is 18.2 Å². The molecule has 6 heteroatoms. The summed E-state index contributed by atoms with van der Waals surface area (Å²) in [6.45, 7) is 3.70. The number of carbonyl (C=O) groups is 1. The van der Waals surface area contributed by atoms with Crippen LogP contribution < -0.4 is 11.1 Å². The molecule has 0 radical (unpaired) electrons. The predicted molar refractivity (Wildman–Crippen MR) is 78.5 cm³/mol. The summed E-state index contributed by atoms with van der Waals surface area (Å²) in [5, 5.41) is 2.83. The monoisotopic (exact) mass is 281 g/mol. The fourth-order valence-corrected chi connectivity index (χ4v) is 3.08. The van der Waals surface area contributed by atoms with Crippen LogP contribution in [0, 0.1) is 6.92 Å². The first-order chi connectivity index (χ1) is 9.04. The van der Waals surface area contributed by atoms with Gasteiger partial charge in [-0.15, -0.1) is 0 Å². The number of nitrogens with one attached hydrogen (secondary N) is 1. The van der Waals surface area contributed by atoms with E-state index in [4.69, 9.17) is 5.73 Å². The van der Waals surface area contributed by atoms with Crippen LogP contribution in [0.5, 0.6) is 0 Å². The highest BCUT2D eigenvalue weighted by molar-refractivity contribution is 7.85. The Hall–Kier alpha value is -1.40. The molecule has 0 spiro atoms. The summed E-state index contributed by atoms with van der Waals surface area (Å²) in [6, 6.07) is 5.49. The van der Waals surface area contributed by atoms with E-state index in [0.717, 1.165) is 18.7 Å². The molecule has 1 aliphatic rings. The predicted octanol–water partition coefficient (Wildman–Crippen LogP) is 0.580. The number of hydrogen-bond donors (Lipinski definition) is 2. The maximum atomic E-state index is 11.9. The van der Waals surface area contributed by atoms with Crippen LogP contribution in [-0.2, 0) is 15.6 Å². The Kier molecular flexibility index (Phi) is 4.55. The minimum atomic E-state index is -0.709. The average molecular weight is 281 g/mol. The number of amides is 1. The molecule has 1 aliphatic heterocycles. The Morgan fingerprint density at radius 2 is 2.11 bits per heavy atom. The van der Waals surface area contributed by atoms with Crippen molar-refractivity contribution in [3.63, 3.8) is 0 Å². The Balaban J connectivity index is 1.87. The standard InChI is InChI=1S/C13H19N3O2S/c1-10-2-3-11(8-12(10)14)15-13(17)9-16-4-6-19(18)7-5-16/h2-3,8H,4-7,9,14H2,1H3,(H,15,17). The Bertz CT molecular complexity index is 495. The molecule has 0 bridgehead atoms. The molecule has 0 atom stereocenters. The van der Waals surface area contributed by atoms with E-state index >= 15 is 0 Å². The van der Waals surface area contributed by atoms with Gasteiger partial charge in [-0.2, -0.15) is 0 Å². The molecular weight excluding hydrogens is 262 g/mol. The van der Waals surface area contributed by atoms with E-state index in [1.165, 1.54) is 0 Å². The summed E-state index contributed by atoms with van der Waals surface area (Å²) >= 11 is 0. The lowest BCUT2D eigenvalue weighted by molar-refractivity contribution is -0.117. The van der Waals surface area contributed by atoms with Gasteiger partial charge in [0.2, 0.25) is 5.91 Å². The molecule has 1 aromatic rings. The molecular formula is C13H19N3O2S. The third kappa shape index (κ3) is 4.04. The van der Waals surface area contributed by atoms with E-state index in [-0.39, 0.29) is 5.91 Å². The van der Waals surface area contributed by atoms with Gasteiger partial charge in [0.15, 0.2) is 0 Å². The van der Waals surface area contributed by atoms with Gasteiger partial charge in [0.25, 0.3) is 0 Å². The third-order valence-electron chi connectivity index (χ3n) is 3.20. The lowest BCUT2D eigenvalue weighted by Gasteiger charge is -2.25. The van der Waals surface area contributed by atoms with Gasteiger partial charge in [-0.1, -0.05) is 6.07 Å². The van der Waals surface area contributed by atoms with Crippen molar-refractivity contribution in [3.05, 3.63) is 23.8 Å². The molecule has 0 unspecified atom stereocenters. The number of rotatable bonds is 3. The number of carbonyl (C=O) groups excluding carboxylic acids is 1. The van der Waals surface area contributed by atoms with Crippen molar-refractivity contribution >= 4 is 28.1 Å². The largest absolute Gasteiger partial charge is 0.398 e. The maximum Gasteiger partial charge on any atom is 0.238 e. The lowest BCUT2D eigenvalue weighted by Crippen LogP contribution is -2.42. The van der Waals surface area contributed by atoms with Gasteiger partial charge in [-0.3, -0.25) is 13.9 Å². The number of nitrogen functional groups attached to an aromatic ring is 1. The average Bonchev–Trinajstić information content (AvgIpc) is 2.37. The molecule has 1 heterocycles. The van der Waals surface area contributed by atoms with Crippen molar-refractivity contribution < 1.29 is 9.00 Å². The molecule has 3 N–H and O–H groups in total. The first kappa shape index (κ1) is 14.0. The van der Waals surface area contributed by atoms with Gasteiger partial charge in [-0.05, 0) is 24.6 Å². The van der Waals surface area contributed by atoms with Crippen LogP contribution in [0.3, 0.4) is 0 Å². The summed E-state index contributed by atoms with van der Waals surface area (Å²) < 4.78 is 11.2. The SMILES string of the molecule is Cc1ccc(NC(=O)CN2CCS(=O)CC2)cc1N. The van der Waals surface area contributed by atoms with E-state index in [0.29, 0.717) is 29.4 Å². The van der Waals surface area contributed by atoms with Crippen molar-refractivity contribution in [1.82, 2.24) is 4.90 Å². The number of nitrogens with two attached hydrogens (primary N) is 1. The molecule has 0 saturated carbocycles. The zero-order valence-electron chi connectivity index (χ0n) is 11.0. The molecule has 19 heavy (non-hydrogen) atoms. The van der Waals surface area contributed by atoms with Crippen LogP contribution in [-0.4, -0.2) is 46.2 Å². The number of aryl methyl sites for hydroxylation is 1. The summed E-state index contributed by atoms with van der Waals surface area (Å²) in [5.41, 5.74) is 8.19. The van der Waals surface area contributed by atoms with Crippen LogP contribution >= 0.6 is 0 Å². The summed E-state index contributed by atoms with van der Waals surface area (Å²) in [7, 11) is -0.709. The highest BCUT2D eigenvalue weighted by Crippen LogP contribution is 2.16. The number of hydrogen-bond acceptors (Lipinski definition) is 4. The van der Waals surface area contributed by atoms with E-state index in [9.17, 15) is 9.00 Å². The van der Waals surface area contributed by atoms with Crippen molar-refractivity contribution in [2.45, 2.75) is 6.92 Å². The number of benzene rings is 1. The second-order valence-electron chi connectivity index (χ2n) is 4.74. The Labute approximate surface area is 115 Å². The van der Waals surface area contributed by atoms with Crippen LogP contribution in [0.2, 0.25) is 0 Å². The second-order valence-corrected chi connectivity index (χ2v) is 6.44. The highest BCUT2D eigenvalue weighted by Gasteiger charge is 2.17. The minimum absolute atomic E-state index is 0.0593. The summed E-state index contributed by atoms with van der Waals surface area (Å²) in [4.78, 5) is 13.9. The molecule has 104 valence electrons. The highest BCUT2D eigenvalue weighted by atomic mass is 32.2. The van der Waals surface area contributed by atoms with Gasteiger partial charge >= 0.3 is 0 Å². The summed E-state index contributed by atoms with van der Waals surface area (Å²) in [6.07, 6.45) is 0. The first-order valence-electron chi connectivity index (χ1n) is 6.28. The van der Waals surface area contributed by atoms with E-state index in [2.05, 4.69) is 5.32 Å². The van der Waals surface area contributed by atoms with E-state index < -0.39 is 10.8 Å². The van der Waals surface area contributed by atoms with Gasteiger partial charge < -0.3 is 11.1 Å². The quantitative estimate of drug-likeness (QED) is 0.795. The maximum absolute atomic E-state index is 11.9. The molecule has 1 aromatic carbocycles. The molecule has 1 saturated heterocycles. The number of nitrogens with zero attached hydrogens (tertiary/aromatic N) is 1. The van der Waals surface area contributed by atoms with E-state index in [1.807, 2.05) is 24.0 Å². The van der Waals surface area contributed by atoms with Crippen molar-refractivity contribution in [3.8, 4) is 0 Å². The molecule has 5 nitrogen and oxygen atoms in total. The van der Waals surface area contributed by atoms with Gasteiger partial charge in [0.1, 0.15) is 0 Å². The van der Waals surface area contributed by atoms with Gasteiger partial charge in [0, 0.05) is 46.8 Å². The Morgan fingerprint density at radius 3 is 2.74 bits per heavy atom. The second kappa shape index (κ2) is 6.16. The smallest absolute Gasteiger partial charge is 0.238 e. The van der Waals surface area contributed by atoms with Crippen molar-refractivity contribution in [2.75, 3.05) is 42.2 Å². The third-order valence-corrected chi connectivity index (χ3v) is 4.48. The molecule has 0 aromatic heterocycles. The minimum Gasteiger partial charge on any atom is -0.398 e. The van der Waals surface area contributed by atoms with Crippen LogP contribution in [0.1, 0.15) is 5.56 Å². The lowest BCUT2D eigenvalue weighted by atomic mass is 10.2. The number of anilines is 2. The van der Waals surface area contributed by atoms with Crippen LogP contribution in [0.25, 0.3) is 0 Å². The first-order valence-corrected chi connectivity index (χ1v) is 7.77. The van der Waals surface area contributed by atoms with Crippen molar-refractivity contribution in [1.29, 1.82) is 0 Å². The normalized spacial score (nSPS) is 17.3. The van der Waals surface area contributed by atoms with E-state index in [1.54, 1.807) is 6.07 Å². The zero-order valence-corrected chi connectivity index (χ0v) is 11.8. The molecule has 2 rings (SSSR count). The molecule has 1 amide bonds. The van der Waals surface area contributed by atoms with Crippen molar-refractivity contribution in [2.24, 2.45) is 0 Å². The topological polar surface area (TPSA) is 75.4 Å². The fourth-order valence-electron chi connectivity index (χ4n) is 1.96. The summed E-state index contributed by atoms with van der Waals surface area (Å²) in [5.74, 6) is 1.26. The molecule has 1 fully saturated rings. The fraction of sp³-hybridized carbons (Fsp3) is 0.462. The van der Waals surface area contributed by atoms with Gasteiger partial charge in [0.05, 0.1) is 6.54 Å². The zero-order chi connectivity index (χ0) is 13.8. The van der Waals surface area contributed by atoms with Crippen LogP contribution in [0.4, 0.5) is 11.4 Å².